The van der Waals surface area contributed by atoms with Gasteiger partial charge in [-0.2, -0.15) is 0 Å². The minimum atomic E-state index is -0.130. The molecule has 0 aliphatic carbocycles. The van der Waals surface area contributed by atoms with Crippen LogP contribution in [0.3, 0.4) is 0 Å². The second-order valence-electron chi connectivity index (χ2n) is 6.86. The molecule has 0 bridgehead atoms. The predicted octanol–water partition coefficient (Wildman–Crippen LogP) is 3.57. The number of fused-ring (bicyclic) bond motifs is 2. The van der Waals surface area contributed by atoms with E-state index in [0.29, 0.717) is 18.5 Å². The van der Waals surface area contributed by atoms with Gasteiger partial charge in [-0.3, -0.25) is 9.59 Å². The van der Waals surface area contributed by atoms with Crippen LogP contribution in [-0.2, 0) is 17.8 Å². The Labute approximate surface area is 156 Å². The molecule has 5 nitrogen and oxygen atoms in total. The molecule has 3 N–H and O–H groups in total. The molecule has 2 aromatic carbocycles. The number of aryl methyl sites for hydroxylation is 2. The second kappa shape index (κ2) is 7.11. The molecule has 1 amide bonds. The van der Waals surface area contributed by atoms with E-state index in [1.165, 1.54) is 0 Å². The van der Waals surface area contributed by atoms with Crippen molar-refractivity contribution in [3.63, 3.8) is 0 Å². The van der Waals surface area contributed by atoms with E-state index in [9.17, 15) is 9.59 Å². The monoisotopic (exact) mass is 359 g/mol. The van der Waals surface area contributed by atoms with Crippen molar-refractivity contribution in [2.75, 3.05) is 0 Å². The smallest absolute Gasteiger partial charge is 0.251 e. The third kappa shape index (κ3) is 3.77. The summed E-state index contributed by atoms with van der Waals surface area (Å²) >= 11 is 0. The SMILES string of the molecule is Cc1cc2cc(CNC(=O)CCc3cc4ccccc4[nH]c3=O)ccc2[nH]1. The Kier molecular flexibility index (Phi) is 4.50. The van der Waals surface area contributed by atoms with Gasteiger partial charge in [0.15, 0.2) is 0 Å². The third-order valence-corrected chi connectivity index (χ3v) is 4.76. The van der Waals surface area contributed by atoms with Crippen LogP contribution in [0.25, 0.3) is 21.8 Å². The molecular formula is C22H21N3O2. The largest absolute Gasteiger partial charge is 0.359 e. The van der Waals surface area contributed by atoms with E-state index in [4.69, 9.17) is 0 Å². The van der Waals surface area contributed by atoms with Crippen LogP contribution in [0, 0.1) is 6.92 Å². The molecular weight excluding hydrogens is 338 g/mol. The maximum atomic E-state index is 12.2. The highest BCUT2D eigenvalue weighted by atomic mass is 16.1. The van der Waals surface area contributed by atoms with E-state index in [2.05, 4.69) is 27.4 Å². The van der Waals surface area contributed by atoms with Gasteiger partial charge in [0.25, 0.3) is 5.56 Å². The molecule has 136 valence electrons. The van der Waals surface area contributed by atoms with Gasteiger partial charge in [-0.05, 0) is 60.0 Å². The van der Waals surface area contributed by atoms with Gasteiger partial charge in [0.2, 0.25) is 5.91 Å². The van der Waals surface area contributed by atoms with Crippen molar-refractivity contribution in [2.24, 2.45) is 0 Å². The fraction of sp³-hybridized carbons (Fsp3) is 0.182. The maximum Gasteiger partial charge on any atom is 0.251 e. The number of rotatable bonds is 5. The predicted molar refractivity (Wildman–Crippen MR) is 108 cm³/mol. The highest BCUT2D eigenvalue weighted by Gasteiger charge is 2.07. The molecule has 0 saturated carbocycles. The van der Waals surface area contributed by atoms with E-state index in [1.54, 1.807) is 0 Å². The lowest BCUT2D eigenvalue weighted by atomic mass is 10.1. The zero-order valence-corrected chi connectivity index (χ0v) is 15.1. The Morgan fingerprint density at radius 2 is 1.78 bits per heavy atom. The van der Waals surface area contributed by atoms with Gasteiger partial charge in [-0.15, -0.1) is 0 Å². The van der Waals surface area contributed by atoms with Crippen molar-refractivity contribution >= 4 is 27.7 Å². The minimum Gasteiger partial charge on any atom is -0.359 e. The molecule has 0 unspecified atom stereocenters. The first-order valence-corrected chi connectivity index (χ1v) is 9.04. The van der Waals surface area contributed by atoms with Crippen molar-refractivity contribution in [3.05, 3.63) is 81.8 Å². The van der Waals surface area contributed by atoms with Gasteiger partial charge < -0.3 is 15.3 Å². The number of aromatic amines is 2. The number of para-hydroxylation sites is 1. The number of benzene rings is 2. The molecule has 4 rings (SSSR count). The molecule has 0 fully saturated rings. The quantitative estimate of drug-likeness (QED) is 0.509. The molecule has 0 aliphatic heterocycles. The Morgan fingerprint density at radius 3 is 2.67 bits per heavy atom. The van der Waals surface area contributed by atoms with Crippen LogP contribution in [0.5, 0.6) is 0 Å². The van der Waals surface area contributed by atoms with Crippen molar-refractivity contribution in [3.8, 4) is 0 Å². The molecule has 27 heavy (non-hydrogen) atoms. The fourth-order valence-electron chi connectivity index (χ4n) is 3.35. The van der Waals surface area contributed by atoms with E-state index < -0.39 is 0 Å². The summed E-state index contributed by atoms with van der Waals surface area (Å²) in [5.74, 6) is -0.0621. The number of carbonyl (C=O) groups is 1. The van der Waals surface area contributed by atoms with Gasteiger partial charge in [0, 0.05) is 35.3 Å². The Balaban J connectivity index is 1.37. The molecule has 0 radical (unpaired) electrons. The fourth-order valence-corrected chi connectivity index (χ4v) is 3.35. The second-order valence-corrected chi connectivity index (χ2v) is 6.86. The molecule has 4 aromatic rings. The van der Waals surface area contributed by atoms with Crippen LogP contribution in [0.2, 0.25) is 0 Å². The van der Waals surface area contributed by atoms with E-state index in [0.717, 1.165) is 33.1 Å². The zero-order chi connectivity index (χ0) is 18.8. The minimum absolute atomic E-state index is 0.0621. The Bertz CT molecular complexity index is 1190. The van der Waals surface area contributed by atoms with E-state index in [1.807, 2.05) is 49.4 Å². The van der Waals surface area contributed by atoms with Crippen LogP contribution in [0.4, 0.5) is 0 Å². The Hall–Kier alpha value is -3.34. The summed E-state index contributed by atoms with van der Waals surface area (Å²) < 4.78 is 0. The number of aromatic nitrogens is 2. The average Bonchev–Trinajstić information content (AvgIpc) is 3.04. The van der Waals surface area contributed by atoms with Gasteiger partial charge in [0.05, 0.1) is 0 Å². The molecule has 2 heterocycles. The lowest BCUT2D eigenvalue weighted by molar-refractivity contribution is -0.121. The van der Waals surface area contributed by atoms with Gasteiger partial charge in [-0.25, -0.2) is 0 Å². The first-order chi connectivity index (χ1) is 13.1. The van der Waals surface area contributed by atoms with Crippen LogP contribution in [0.1, 0.15) is 23.2 Å². The number of nitrogens with one attached hydrogen (secondary N) is 3. The topological polar surface area (TPSA) is 77.8 Å². The third-order valence-electron chi connectivity index (χ3n) is 4.76. The number of H-pyrrole nitrogens is 2. The van der Waals surface area contributed by atoms with Crippen molar-refractivity contribution in [1.82, 2.24) is 15.3 Å². The molecule has 0 saturated heterocycles. The first kappa shape index (κ1) is 17.1. The molecule has 0 spiro atoms. The first-order valence-electron chi connectivity index (χ1n) is 9.04. The van der Waals surface area contributed by atoms with Gasteiger partial charge in [-0.1, -0.05) is 24.3 Å². The summed E-state index contributed by atoms with van der Waals surface area (Å²) in [5.41, 5.74) is 4.58. The summed E-state index contributed by atoms with van der Waals surface area (Å²) in [4.78, 5) is 30.5. The van der Waals surface area contributed by atoms with Crippen LogP contribution in [-0.4, -0.2) is 15.9 Å². The van der Waals surface area contributed by atoms with Crippen molar-refractivity contribution < 1.29 is 4.79 Å². The number of hydrogen-bond acceptors (Lipinski definition) is 2. The lowest BCUT2D eigenvalue weighted by Crippen LogP contribution is -2.24. The van der Waals surface area contributed by atoms with Crippen LogP contribution >= 0.6 is 0 Å². The summed E-state index contributed by atoms with van der Waals surface area (Å²) in [7, 11) is 0. The highest BCUT2D eigenvalue weighted by Crippen LogP contribution is 2.17. The normalized spacial score (nSPS) is 11.1. The van der Waals surface area contributed by atoms with Gasteiger partial charge in [0.1, 0.15) is 0 Å². The molecule has 5 heteroatoms. The molecule has 0 atom stereocenters. The van der Waals surface area contributed by atoms with Crippen molar-refractivity contribution in [1.29, 1.82) is 0 Å². The van der Waals surface area contributed by atoms with E-state index >= 15 is 0 Å². The standard InChI is InChI=1S/C22H21N3O2/c1-14-10-18-11-15(6-8-20(18)24-14)13-23-21(26)9-7-17-12-16-4-2-3-5-19(16)25-22(17)27/h2-6,8,10-12,24H,7,9,13H2,1H3,(H,23,26)(H,25,27). The van der Waals surface area contributed by atoms with Crippen molar-refractivity contribution in [2.45, 2.75) is 26.3 Å². The zero-order valence-electron chi connectivity index (χ0n) is 15.1. The molecule has 0 aliphatic rings. The summed E-state index contributed by atoms with van der Waals surface area (Å²) in [6.45, 7) is 2.50. The van der Waals surface area contributed by atoms with Crippen LogP contribution < -0.4 is 10.9 Å². The summed E-state index contributed by atoms with van der Waals surface area (Å²) in [6, 6.07) is 17.7. The number of carbonyl (C=O) groups excluding carboxylic acids is 1. The van der Waals surface area contributed by atoms with Crippen LogP contribution in [0.15, 0.2) is 59.4 Å². The number of pyridine rings is 1. The lowest BCUT2D eigenvalue weighted by Gasteiger charge is -2.06. The summed E-state index contributed by atoms with van der Waals surface area (Å²) in [6.07, 6.45) is 0.703. The Morgan fingerprint density at radius 1 is 0.963 bits per heavy atom. The molecule has 2 aromatic heterocycles. The average molecular weight is 359 g/mol. The number of amides is 1. The highest BCUT2D eigenvalue weighted by molar-refractivity contribution is 5.82. The van der Waals surface area contributed by atoms with E-state index in [-0.39, 0.29) is 17.9 Å². The maximum absolute atomic E-state index is 12.2. The summed E-state index contributed by atoms with van der Waals surface area (Å²) in [5, 5.41) is 5.05. The number of hydrogen-bond donors (Lipinski definition) is 3. The van der Waals surface area contributed by atoms with Gasteiger partial charge >= 0.3 is 0 Å².